The molecule has 2 unspecified atom stereocenters. The fourth-order valence-corrected chi connectivity index (χ4v) is 5.13. The van der Waals surface area contributed by atoms with Crippen LogP contribution in [0, 0.1) is 11.7 Å². The number of fused-ring (bicyclic) bond motifs is 2. The lowest BCUT2D eigenvalue weighted by molar-refractivity contribution is -0.132. The highest BCUT2D eigenvalue weighted by atomic mass is 32.2. The molecule has 0 aromatic heterocycles. The lowest BCUT2D eigenvalue weighted by atomic mass is 9.90. The Hall–Kier alpha value is -2.80. The van der Waals surface area contributed by atoms with Crippen LogP contribution in [0.15, 0.2) is 69.8 Å². The zero-order valence-electron chi connectivity index (χ0n) is 15.6. The minimum absolute atomic E-state index is 0.0413. The minimum atomic E-state index is -0.299. The van der Waals surface area contributed by atoms with E-state index in [1.807, 2.05) is 29.2 Å². The van der Waals surface area contributed by atoms with Crippen molar-refractivity contribution >= 4 is 29.4 Å². The first kappa shape index (κ1) is 18.2. The lowest BCUT2D eigenvalue weighted by Gasteiger charge is -2.38. The van der Waals surface area contributed by atoms with Gasteiger partial charge in [-0.15, -0.1) is 0 Å². The molecular weight excluding hydrogens is 389 g/mol. The molecule has 2 aromatic rings. The molecule has 3 aliphatic rings. The summed E-state index contributed by atoms with van der Waals surface area (Å²) in [6.45, 7) is 0.383. The molecule has 1 aliphatic carbocycles. The topological polar surface area (TPSA) is 64.9 Å². The summed E-state index contributed by atoms with van der Waals surface area (Å²) in [4.78, 5) is 20.9. The molecule has 0 spiro atoms. The number of aliphatic imine (C=N–C) groups is 1. The smallest absolute Gasteiger partial charge is 0.261 e. The highest BCUT2D eigenvalue weighted by molar-refractivity contribution is 7.98. The van der Waals surface area contributed by atoms with Crippen LogP contribution in [0.3, 0.4) is 0 Å². The molecule has 29 heavy (non-hydrogen) atoms. The summed E-state index contributed by atoms with van der Waals surface area (Å²) < 4.78 is 16.4. The largest absolute Gasteiger partial charge is 0.511 e. The Morgan fingerprint density at radius 3 is 2.79 bits per heavy atom. The van der Waals surface area contributed by atoms with E-state index in [0.29, 0.717) is 12.4 Å². The van der Waals surface area contributed by atoms with E-state index in [4.69, 9.17) is 0 Å². The number of amides is 1. The Labute approximate surface area is 172 Å². The number of hydrogen-bond donors (Lipinski definition) is 2. The Balaban J connectivity index is 1.53. The maximum atomic E-state index is 13.5. The van der Waals surface area contributed by atoms with Crippen molar-refractivity contribution < 1.29 is 14.3 Å². The Morgan fingerprint density at radius 2 is 1.97 bits per heavy atom. The zero-order chi connectivity index (χ0) is 20.0. The molecule has 0 radical (unpaired) electrons. The van der Waals surface area contributed by atoms with Crippen molar-refractivity contribution in [1.29, 1.82) is 0 Å². The molecule has 1 fully saturated rings. The van der Waals surface area contributed by atoms with E-state index in [1.54, 1.807) is 12.1 Å². The predicted molar refractivity (Wildman–Crippen MR) is 110 cm³/mol. The molecule has 0 bridgehead atoms. The molecule has 2 aliphatic heterocycles. The van der Waals surface area contributed by atoms with E-state index in [0.717, 1.165) is 35.4 Å². The molecule has 2 N–H and O–H groups in total. The van der Waals surface area contributed by atoms with E-state index in [1.165, 1.54) is 24.1 Å². The number of aliphatic hydroxyl groups is 1. The summed E-state index contributed by atoms with van der Waals surface area (Å²) in [6.07, 6.45) is 2.65. The van der Waals surface area contributed by atoms with Crippen LogP contribution in [0.5, 0.6) is 0 Å². The molecule has 2 heterocycles. The van der Waals surface area contributed by atoms with Gasteiger partial charge in [-0.3, -0.25) is 4.79 Å². The molecule has 5 nitrogen and oxygen atoms in total. The second kappa shape index (κ2) is 7.22. The summed E-state index contributed by atoms with van der Waals surface area (Å²) in [6, 6.07) is 13.9. The maximum Gasteiger partial charge on any atom is 0.261 e. The van der Waals surface area contributed by atoms with Crippen LogP contribution in [0.4, 0.5) is 10.1 Å². The third-order valence-corrected chi connectivity index (χ3v) is 6.68. The van der Waals surface area contributed by atoms with Gasteiger partial charge in [-0.05, 0) is 54.6 Å². The Morgan fingerprint density at radius 1 is 1.17 bits per heavy atom. The van der Waals surface area contributed by atoms with Gasteiger partial charge in [0.15, 0.2) is 5.84 Å². The van der Waals surface area contributed by atoms with Gasteiger partial charge in [-0.1, -0.05) is 30.7 Å². The van der Waals surface area contributed by atoms with Crippen LogP contribution < -0.4 is 4.72 Å². The maximum absolute atomic E-state index is 13.5. The number of nitrogens with one attached hydrogen (secondary N) is 1. The van der Waals surface area contributed by atoms with E-state index < -0.39 is 0 Å². The van der Waals surface area contributed by atoms with Gasteiger partial charge in [-0.2, -0.15) is 0 Å². The van der Waals surface area contributed by atoms with E-state index in [-0.39, 0.29) is 35.0 Å². The number of aliphatic hydroxyl groups excluding tert-OH is 1. The number of carbonyl (C=O) groups is 1. The SMILES string of the molecule is O=C1C(C2=Nc3ccccc3SN2)=C(O)C2CCCC2N1Cc1ccc(F)cc1. The molecule has 2 atom stereocenters. The first-order valence-corrected chi connectivity index (χ1v) is 10.5. The number of nitrogens with zero attached hydrogens (tertiary/aromatic N) is 2. The summed E-state index contributed by atoms with van der Waals surface area (Å²) in [5, 5.41) is 11.0. The summed E-state index contributed by atoms with van der Waals surface area (Å²) in [5.41, 5.74) is 1.89. The predicted octanol–water partition coefficient (Wildman–Crippen LogP) is 4.49. The first-order chi connectivity index (χ1) is 14.1. The van der Waals surface area contributed by atoms with Crippen molar-refractivity contribution in [2.75, 3.05) is 0 Å². The zero-order valence-corrected chi connectivity index (χ0v) is 16.5. The minimum Gasteiger partial charge on any atom is -0.511 e. The molecule has 2 aromatic carbocycles. The molecular formula is C22H20FN3O2S. The number of halogens is 1. The van der Waals surface area contributed by atoms with Gasteiger partial charge in [0.1, 0.15) is 17.1 Å². The van der Waals surface area contributed by atoms with Gasteiger partial charge in [0.05, 0.1) is 10.6 Å². The standard InChI is InChI=1S/C22H20FN3O2S/c23-14-10-8-13(9-11-14)12-26-17-6-3-4-15(17)20(27)19(22(26)28)21-24-16-5-1-2-7-18(16)29-25-21/h1-2,5,7-11,15,17,27H,3-4,6,12H2,(H,24,25). The van der Waals surface area contributed by atoms with Crippen molar-refractivity contribution in [2.45, 2.75) is 36.7 Å². The summed E-state index contributed by atoms with van der Waals surface area (Å²) >= 11 is 1.39. The van der Waals surface area contributed by atoms with Crippen LogP contribution in [-0.2, 0) is 11.3 Å². The fraction of sp³-hybridized carbons (Fsp3) is 0.273. The third kappa shape index (κ3) is 3.19. The molecule has 1 amide bonds. The van der Waals surface area contributed by atoms with Gasteiger partial charge in [0.2, 0.25) is 0 Å². The van der Waals surface area contributed by atoms with Gasteiger partial charge >= 0.3 is 0 Å². The van der Waals surface area contributed by atoms with Crippen molar-refractivity contribution in [3.63, 3.8) is 0 Å². The molecule has 148 valence electrons. The quantitative estimate of drug-likeness (QED) is 0.733. The van der Waals surface area contributed by atoms with Gasteiger partial charge in [0, 0.05) is 18.5 Å². The third-order valence-electron chi connectivity index (χ3n) is 5.82. The van der Waals surface area contributed by atoms with Gasteiger partial charge in [0.25, 0.3) is 5.91 Å². The van der Waals surface area contributed by atoms with Crippen LogP contribution in [0.2, 0.25) is 0 Å². The number of hydrogen-bond acceptors (Lipinski definition) is 5. The molecule has 5 rings (SSSR count). The van der Waals surface area contributed by atoms with Crippen molar-refractivity contribution in [3.8, 4) is 0 Å². The fourth-order valence-electron chi connectivity index (χ4n) is 4.41. The normalized spacial score (nSPS) is 23.4. The van der Waals surface area contributed by atoms with Crippen LogP contribution in [0.1, 0.15) is 24.8 Å². The average Bonchev–Trinajstić information content (AvgIpc) is 3.23. The monoisotopic (exact) mass is 409 g/mol. The number of para-hydroxylation sites is 1. The highest BCUT2D eigenvalue weighted by Gasteiger charge is 2.45. The lowest BCUT2D eigenvalue weighted by Crippen LogP contribution is -2.49. The van der Waals surface area contributed by atoms with Crippen molar-refractivity contribution in [3.05, 3.63) is 71.2 Å². The average molecular weight is 409 g/mol. The second-order valence-corrected chi connectivity index (χ2v) is 8.40. The van der Waals surface area contributed by atoms with Crippen LogP contribution in [0.25, 0.3) is 0 Å². The number of amidine groups is 1. The first-order valence-electron chi connectivity index (χ1n) is 9.71. The van der Waals surface area contributed by atoms with Gasteiger partial charge in [-0.25, -0.2) is 9.38 Å². The summed E-state index contributed by atoms with van der Waals surface area (Å²) in [7, 11) is 0. The van der Waals surface area contributed by atoms with Crippen LogP contribution >= 0.6 is 11.9 Å². The molecule has 7 heteroatoms. The van der Waals surface area contributed by atoms with E-state index in [9.17, 15) is 14.3 Å². The van der Waals surface area contributed by atoms with Gasteiger partial charge < -0.3 is 14.7 Å². The Bertz CT molecular complexity index is 1030. The van der Waals surface area contributed by atoms with E-state index >= 15 is 0 Å². The molecule has 0 saturated heterocycles. The number of carbonyl (C=O) groups excluding carboxylic acids is 1. The van der Waals surface area contributed by atoms with Crippen LogP contribution in [-0.4, -0.2) is 27.8 Å². The van der Waals surface area contributed by atoms with E-state index in [2.05, 4.69) is 9.71 Å². The van der Waals surface area contributed by atoms with Crippen molar-refractivity contribution in [2.24, 2.45) is 10.9 Å². The molecule has 1 saturated carbocycles. The summed E-state index contributed by atoms with van der Waals surface area (Å²) in [5.74, 6) is -0.0899. The van der Waals surface area contributed by atoms with Crippen molar-refractivity contribution in [1.82, 2.24) is 9.62 Å². The highest BCUT2D eigenvalue weighted by Crippen LogP contribution is 2.42. The Kier molecular flexibility index (Phi) is 4.54. The number of rotatable bonds is 3. The number of benzene rings is 2. The second-order valence-electron chi connectivity index (χ2n) is 7.56.